The van der Waals surface area contributed by atoms with E-state index in [1.165, 1.54) is 13.0 Å². The molecule has 1 atom stereocenters. The molecular formula is C9H11BrClNO3S. The van der Waals surface area contributed by atoms with Crippen LogP contribution < -0.4 is 4.72 Å². The minimum absolute atomic E-state index is 0.354. The van der Waals surface area contributed by atoms with E-state index in [1.807, 2.05) is 0 Å². The van der Waals surface area contributed by atoms with Crippen LogP contribution in [0.2, 0.25) is 5.02 Å². The van der Waals surface area contributed by atoms with Crippen molar-refractivity contribution in [2.24, 2.45) is 0 Å². The van der Waals surface area contributed by atoms with E-state index in [0.717, 1.165) is 0 Å². The molecule has 1 aromatic carbocycles. The molecular weight excluding hydrogens is 318 g/mol. The quantitative estimate of drug-likeness (QED) is 0.890. The zero-order valence-corrected chi connectivity index (χ0v) is 11.6. The minimum Gasteiger partial charge on any atom is -0.395 e. The summed E-state index contributed by atoms with van der Waals surface area (Å²) in [6, 6.07) is 4.77. The van der Waals surface area contributed by atoms with Crippen molar-refractivity contribution in [3.8, 4) is 0 Å². The second kappa shape index (κ2) is 5.35. The Morgan fingerprint density at radius 3 is 2.75 bits per heavy atom. The molecule has 0 saturated heterocycles. The molecule has 2 N–H and O–H groups in total. The van der Waals surface area contributed by atoms with Gasteiger partial charge in [-0.25, -0.2) is 8.42 Å². The zero-order valence-electron chi connectivity index (χ0n) is 8.44. The molecule has 1 rings (SSSR count). The molecule has 90 valence electrons. The summed E-state index contributed by atoms with van der Waals surface area (Å²) in [5.74, 6) is 0. The summed E-state index contributed by atoms with van der Waals surface area (Å²) >= 11 is 8.96. The molecule has 7 heteroatoms. The first-order chi connectivity index (χ1) is 7.36. The summed E-state index contributed by atoms with van der Waals surface area (Å²) < 4.78 is 26.3. The number of benzene rings is 1. The summed E-state index contributed by atoms with van der Waals surface area (Å²) in [7, 11) is -3.59. The summed E-state index contributed by atoms with van der Waals surface area (Å²) in [4.78, 5) is 0. The van der Waals surface area contributed by atoms with Crippen LogP contribution in [0.1, 0.15) is 6.92 Å². The number of aliphatic hydroxyl groups is 1. The lowest BCUT2D eigenvalue weighted by Gasteiger charge is -2.13. The lowest BCUT2D eigenvalue weighted by molar-refractivity contribution is 0.296. The monoisotopic (exact) mass is 327 g/mol. The van der Waals surface area contributed by atoms with Crippen LogP contribution in [0.4, 0.5) is 5.69 Å². The molecule has 0 fully saturated rings. The Morgan fingerprint density at radius 2 is 2.19 bits per heavy atom. The molecule has 0 heterocycles. The Morgan fingerprint density at radius 1 is 1.56 bits per heavy atom. The Hall–Kier alpha value is -0.300. The Bertz CT molecular complexity index is 478. The van der Waals surface area contributed by atoms with Crippen LogP contribution in [-0.2, 0) is 10.0 Å². The highest BCUT2D eigenvalue weighted by atomic mass is 79.9. The highest BCUT2D eigenvalue weighted by molar-refractivity contribution is 9.10. The second-order valence-corrected chi connectivity index (χ2v) is 6.65. The summed E-state index contributed by atoms with van der Waals surface area (Å²) in [5.41, 5.74) is 0.354. The van der Waals surface area contributed by atoms with Crippen LogP contribution in [0.25, 0.3) is 0 Å². The third-order valence-electron chi connectivity index (χ3n) is 1.97. The normalized spacial score (nSPS) is 13.5. The van der Waals surface area contributed by atoms with Gasteiger partial charge in [-0.1, -0.05) is 11.6 Å². The van der Waals surface area contributed by atoms with E-state index in [4.69, 9.17) is 16.7 Å². The van der Waals surface area contributed by atoms with Gasteiger partial charge in [-0.3, -0.25) is 4.72 Å². The van der Waals surface area contributed by atoms with Gasteiger partial charge < -0.3 is 5.11 Å². The lowest BCUT2D eigenvalue weighted by Crippen LogP contribution is -2.28. The van der Waals surface area contributed by atoms with Crippen LogP contribution in [0.5, 0.6) is 0 Å². The summed E-state index contributed by atoms with van der Waals surface area (Å²) in [6.45, 7) is 0.980. The average molecular weight is 329 g/mol. The maximum absolute atomic E-state index is 11.7. The smallest absolute Gasteiger partial charge is 0.237 e. The first kappa shape index (κ1) is 13.8. The van der Waals surface area contributed by atoms with Crippen molar-refractivity contribution in [2.45, 2.75) is 12.2 Å². The molecule has 0 saturated carbocycles. The fourth-order valence-corrected chi connectivity index (χ4v) is 2.45. The molecule has 0 radical (unpaired) electrons. The van der Waals surface area contributed by atoms with Crippen molar-refractivity contribution in [3.63, 3.8) is 0 Å². The minimum atomic E-state index is -3.59. The molecule has 1 unspecified atom stereocenters. The van der Waals surface area contributed by atoms with Crippen LogP contribution in [0.15, 0.2) is 22.7 Å². The molecule has 0 aromatic heterocycles. The molecule has 0 spiro atoms. The van der Waals surface area contributed by atoms with Gasteiger partial charge in [-0.2, -0.15) is 0 Å². The van der Waals surface area contributed by atoms with Crippen molar-refractivity contribution < 1.29 is 13.5 Å². The molecule has 16 heavy (non-hydrogen) atoms. The van der Waals surface area contributed by atoms with Crippen molar-refractivity contribution in [2.75, 3.05) is 11.3 Å². The fraction of sp³-hybridized carbons (Fsp3) is 0.333. The number of halogens is 2. The largest absolute Gasteiger partial charge is 0.395 e. The van der Waals surface area contributed by atoms with E-state index in [9.17, 15) is 8.42 Å². The van der Waals surface area contributed by atoms with Gasteiger partial charge >= 0.3 is 0 Å². The first-order valence-electron chi connectivity index (χ1n) is 4.44. The van der Waals surface area contributed by atoms with Gasteiger partial charge in [0, 0.05) is 9.50 Å². The number of hydrogen-bond acceptors (Lipinski definition) is 3. The first-order valence-corrected chi connectivity index (χ1v) is 7.16. The highest BCUT2D eigenvalue weighted by Crippen LogP contribution is 2.27. The van der Waals surface area contributed by atoms with Gasteiger partial charge in [0.15, 0.2) is 0 Å². The van der Waals surface area contributed by atoms with Crippen LogP contribution in [0, 0.1) is 0 Å². The van der Waals surface area contributed by atoms with E-state index in [2.05, 4.69) is 20.7 Å². The molecule has 0 amide bonds. The molecule has 0 aliphatic carbocycles. The summed E-state index contributed by atoms with van der Waals surface area (Å²) in [5, 5.41) is 8.37. The third-order valence-corrected chi connectivity index (χ3v) is 4.61. The van der Waals surface area contributed by atoms with Gasteiger partial charge in [0.25, 0.3) is 0 Å². The predicted octanol–water partition coefficient (Wildman–Crippen LogP) is 2.22. The second-order valence-electron chi connectivity index (χ2n) is 3.26. The van der Waals surface area contributed by atoms with Crippen molar-refractivity contribution >= 4 is 43.2 Å². The predicted molar refractivity (Wildman–Crippen MR) is 68.2 cm³/mol. The number of hydrogen-bond donors (Lipinski definition) is 2. The SMILES string of the molecule is CC(CO)S(=O)(=O)Nc1cc(Cl)ccc1Br. The van der Waals surface area contributed by atoms with Crippen LogP contribution in [0.3, 0.4) is 0 Å². The maximum atomic E-state index is 11.7. The summed E-state index contributed by atoms with van der Waals surface area (Å²) in [6.07, 6.45) is 0. The number of nitrogens with one attached hydrogen (secondary N) is 1. The van der Waals surface area contributed by atoms with E-state index < -0.39 is 21.9 Å². The van der Waals surface area contributed by atoms with Gasteiger partial charge in [-0.05, 0) is 41.1 Å². The van der Waals surface area contributed by atoms with Crippen LogP contribution in [-0.4, -0.2) is 25.4 Å². The van der Waals surface area contributed by atoms with E-state index >= 15 is 0 Å². The zero-order chi connectivity index (χ0) is 12.3. The van der Waals surface area contributed by atoms with Gasteiger partial charge in [0.2, 0.25) is 10.0 Å². The third kappa shape index (κ3) is 3.35. The van der Waals surface area contributed by atoms with Crippen molar-refractivity contribution in [3.05, 3.63) is 27.7 Å². The molecule has 1 aromatic rings. The maximum Gasteiger partial charge on any atom is 0.237 e. The van der Waals surface area contributed by atoms with Gasteiger partial charge in [0.05, 0.1) is 12.3 Å². The molecule has 4 nitrogen and oxygen atoms in total. The van der Waals surface area contributed by atoms with Crippen molar-refractivity contribution in [1.29, 1.82) is 0 Å². The molecule has 0 aliphatic heterocycles. The number of anilines is 1. The number of rotatable bonds is 4. The fourth-order valence-electron chi connectivity index (χ4n) is 0.928. The Labute approximate surface area is 108 Å². The molecule has 0 bridgehead atoms. The Balaban J connectivity index is 3.01. The van der Waals surface area contributed by atoms with Gasteiger partial charge in [-0.15, -0.1) is 0 Å². The van der Waals surface area contributed by atoms with Crippen molar-refractivity contribution in [1.82, 2.24) is 0 Å². The van der Waals surface area contributed by atoms with Crippen LogP contribution >= 0.6 is 27.5 Å². The number of sulfonamides is 1. The molecule has 0 aliphatic rings. The van der Waals surface area contributed by atoms with Gasteiger partial charge in [0.1, 0.15) is 5.25 Å². The lowest BCUT2D eigenvalue weighted by atomic mass is 10.3. The average Bonchev–Trinajstić information content (AvgIpc) is 2.22. The van der Waals surface area contributed by atoms with E-state index in [0.29, 0.717) is 15.2 Å². The number of aliphatic hydroxyl groups excluding tert-OH is 1. The van der Waals surface area contributed by atoms with E-state index in [1.54, 1.807) is 12.1 Å². The topological polar surface area (TPSA) is 66.4 Å². The highest BCUT2D eigenvalue weighted by Gasteiger charge is 2.20. The Kier molecular flexibility index (Phi) is 4.61. The van der Waals surface area contributed by atoms with E-state index in [-0.39, 0.29) is 0 Å². The standard InChI is InChI=1S/C9H11BrClNO3S/c1-6(5-13)16(14,15)12-9-4-7(11)2-3-8(9)10/h2-4,6,12-13H,5H2,1H3.